The van der Waals surface area contributed by atoms with Crippen molar-refractivity contribution < 1.29 is 4.79 Å². The van der Waals surface area contributed by atoms with E-state index in [-0.39, 0.29) is 5.78 Å². The van der Waals surface area contributed by atoms with Crippen LogP contribution in [0.25, 0.3) is 5.69 Å². The summed E-state index contributed by atoms with van der Waals surface area (Å²) in [4.78, 5) is 12.7. The quantitative estimate of drug-likeness (QED) is 0.288. The highest BCUT2D eigenvalue weighted by Crippen LogP contribution is 2.27. The van der Waals surface area contributed by atoms with Gasteiger partial charge in [-0.2, -0.15) is 0 Å². The Morgan fingerprint density at radius 3 is 2.57 bits per heavy atom. The molecule has 1 aromatic carbocycles. The highest BCUT2D eigenvalue weighted by atomic mass is 35.5. The van der Waals surface area contributed by atoms with Gasteiger partial charge in [-0.15, -0.1) is 16.4 Å². The van der Waals surface area contributed by atoms with Crippen LogP contribution in [0.15, 0.2) is 40.7 Å². The van der Waals surface area contributed by atoms with E-state index < -0.39 is 0 Å². The number of halogens is 2. The Balaban J connectivity index is 1.72. The lowest BCUT2D eigenvalue weighted by Gasteiger charge is -2.00. The lowest BCUT2D eigenvalue weighted by molar-refractivity contribution is 0.102. The monoisotopic (exact) mass is 418 g/mol. The SMILES string of the molecule is O=C(CSc1nn(-c2ccc(Cl)cc2)c(=S)s1)c1ccc(Cl)s1. The van der Waals surface area contributed by atoms with E-state index >= 15 is 0 Å². The van der Waals surface area contributed by atoms with Crippen molar-refractivity contribution in [2.24, 2.45) is 0 Å². The zero-order valence-corrected chi connectivity index (χ0v) is 16.1. The second-order valence-corrected chi connectivity index (χ2v) is 9.33. The van der Waals surface area contributed by atoms with E-state index in [0.717, 1.165) is 10.0 Å². The van der Waals surface area contributed by atoms with Crippen LogP contribution in [-0.4, -0.2) is 21.3 Å². The van der Waals surface area contributed by atoms with Crippen molar-refractivity contribution in [1.82, 2.24) is 9.78 Å². The molecule has 2 heterocycles. The molecule has 0 bridgehead atoms. The standard InChI is InChI=1S/C14H8Cl2N2OS4/c15-8-1-3-9(4-2-8)18-14(20)23-13(17-18)21-7-10(19)11-5-6-12(16)22-11/h1-6H,7H2. The number of nitrogens with zero attached hydrogens (tertiary/aromatic N) is 2. The average molecular weight is 419 g/mol. The third-order valence-corrected chi connectivity index (χ3v) is 6.66. The van der Waals surface area contributed by atoms with Crippen LogP contribution in [0.1, 0.15) is 9.67 Å². The zero-order chi connectivity index (χ0) is 16.4. The number of rotatable bonds is 5. The Morgan fingerprint density at radius 1 is 1.17 bits per heavy atom. The Hall–Kier alpha value is -0.700. The summed E-state index contributed by atoms with van der Waals surface area (Å²) in [5.74, 6) is 0.339. The molecule has 23 heavy (non-hydrogen) atoms. The lowest BCUT2D eigenvalue weighted by atomic mass is 10.3. The molecule has 0 unspecified atom stereocenters. The van der Waals surface area contributed by atoms with Crippen molar-refractivity contribution in [3.8, 4) is 5.69 Å². The summed E-state index contributed by atoms with van der Waals surface area (Å²) in [7, 11) is 0. The Kier molecular flexibility index (Phi) is 5.56. The van der Waals surface area contributed by atoms with Gasteiger partial charge in [-0.05, 0) is 48.6 Å². The second-order valence-electron chi connectivity index (χ2n) is 4.34. The highest BCUT2D eigenvalue weighted by Gasteiger charge is 2.12. The molecule has 0 atom stereocenters. The molecule has 0 fully saturated rings. The van der Waals surface area contributed by atoms with Crippen LogP contribution in [0.2, 0.25) is 9.36 Å². The summed E-state index contributed by atoms with van der Waals surface area (Å²) in [5, 5.41) is 5.11. The van der Waals surface area contributed by atoms with Crippen LogP contribution < -0.4 is 0 Å². The predicted molar refractivity (Wildman–Crippen MR) is 102 cm³/mol. The molecule has 0 radical (unpaired) electrons. The first kappa shape index (κ1) is 17.1. The van der Waals surface area contributed by atoms with Crippen molar-refractivity contribution in [2.75, 3.05) is 5.75 Å². The molecular formula is C14H8Cl2N2OS4. The summed E-state index contributed by atoms with van der Waals surface area (Å²) in [6.45, 7) is 0. The predicted octanol–water partition coefficient (Wildman–Crippen LogP) is 6.01. The molecule has 0 spiro atoms. The highest BCUT2D eigenvalue weighted by molar-refractivity contribution is 8.01. The van der Waals surface area contributed by atoms with E-state index in [1.165, 1.54) is 34.4 Å². The molecule has 3 nitrogen and oxygen atoms in total. The van der Waals surface area contributed by atoms with E-state index in [0.29, 0.717) is 23.9 Å². The molecule has 2 aromatic heterocycles. The van der Waals surface area contributed by atoms with E-state index in [9.17, 15) is 4.79 Å². The lowest BCUT2D eigenvalue weighted by Crippen LogP contribution is -2.00. The van der Waals surface area contributed by atoms with Gasteiger partial charge in [0, 0.05) is 5.02 Å². The molecule has 0 aliphatic rings. The average Bonchev–Trinajstić information content (AvgIpc) is 3.12. The smallest absolute Gasteiger partial charge is 0.184 e. The number of aromatic nitrogens is 2. The maximum atomic E-state index is 12.1. The number of thioether (sulfide) groups is 1. The van der Waals surface area contributed by atoms with Crippen LogP contribution in [-0.2, 0) is 0 Å². The Labute approximate surface area is 159 Å². The van der Waals surface area contributed by atoms with Gasteiger partial charge >= 0.3 is 0 Å². The van der Waals surface area contributed by atoms with E-state index in [4.69, 9.17) is 35.4 Å². The van der Waals surface area contributed by atoms with E-state index in [1.54, 1.807) is 28.9 Å². The van der Waals surface area contributed by atoms with Crippen LogP contribution in [0.5, 0.6) is 0 Å². The minimum absolute atomic E-state index is 0.0334. The first-order valence-electron chi connectivity index (χ1n) is 6.30. The van der Waals surface area contributed by atoms with E-state index in [2.05, 4.69) is 5.10 Å². The summed E-state index contributed by atoms with van der Waals surface area (Å²) in [6, 6.07) is 10.7. The van der Waals surface area contributed by atoms with Gasteiger partial charge in [0.2, 0.25) is 0 Å². The van der Waals surface area contributed by atoms with Crippen molar-refractivity contribution >= 4 is 75.6 Å². The van der Waals surface area contributed by atoms with Crippen LogP contribution in [0.4, 0.5) is 0 Å². The minimum atomic E-state index is 0.0334. The van der Waals surface area contributed by atoms with Crippen LogP contribution in [0.3, 0.4) is 0 Å². The van der Waals surface area contributed by atoms with Crippen molar-refractivity contribution in [3.05, 3.63) is 54.6 Å². The summed E-state index contributed by atoms with van der Waals surface area (Å²) in [5.41, 5.74) is 0.846. The molecule has 0 saturated carbocycles. The van der Waals surface area contributed by atoms with Gasteiger partial charge in [-0.1, -0.05) is 46.3 Å². The Bertz CT molecular complexity index is 898. The van der Waals surface area contributed by atoms with E-state index in [1.807, 2.05) is 12.1 Å². The zero-order valence-electron chi connectivity index (χ0n) is 11.4. The van der Waals surface area contributed by atoms with Crippen molar-refractivity contribution in [1.29, 1.82) is 0 Å². The van der Waals surface area contributed by atoms with Crippen molar-refractivity contribution in [2.45, 2.75) is 4.34 Å². The number of hydrogen-bond donors (Lipinski definition) is 0. The Morgan fingerprint density at radius 2 is 1.91 bits per heavy atom. The fourth-order valence-corrected chi connectivity index (χ4v) is 5.17. The largest absolute Gasteiger partial charge is 0.292 e. The molecule has 0 saturated heterocycles. The minimum Gasteiger partial charge on any atom is -0.292 e. The summed E-state index contributed by atoms with van der Waals surface area (Å²) < 4.78 is 3.66. The van der Waals surface area contributed by atoms with Crippen molar-refractivity contribution in [3.63, 3.8) is 0 Å². The number of benzene rings is 1. The molecule has 3 rings (SSSR count). The molecular weight excluding hydrogens is 411 g/mol. The summed E-state index contributed by atoms with van der Waals surface area (Å²) in [6.07, 6.45) is 0. The third-order valence-electron chi connectivity index (χ3n) is 2.78. The third kappa shape index (κ3) is 4.23. The van der Waals surface area contributed by atoms with Gasteiger partial charge in [0.1, 0.15) is 0 Å². The number of hydrogen-bond acceptors (Lipinski definition) is 6. The number of carbonyl (C=O) groups is 1. The van der Waals surface area contributed by atoms with Crippen LogP contribution in [0, 0.1) is 3.95 Å². The molecule has 118 valence electrons. The molecule has 3 aromatic rings. The fourth-order valence-electron chi connectivity index (χ4n) is 1.73. The first-order valence-corrected chi connectivity index (χ1v) is 10.1. The molecule has 0 aliphatic heterocycles. The van der Waals surface area contributed by atoms with Gasteiger partial charge in [0.15, 0.2) is 14.1 Å². The van der Waals surface area contributed by atoms with Gasteiger partial charge in [-0.25, -0.2) is 4.68 Å². The van der Waals surface area contributed by atoms with Gasteiger partial charge in [0.05, 0.1) is 20.7 Å². The normalized spacial score (nSPS) is 10.9. The first-order chi connectivity index (χ1) is 11.0. The number of Topliss-reactive ketones (excluding diaryl/α,β-unsaturated/α-hetero) is 1. The second kappa shape index (κ2) is 7.46. The van der Waals surface area contributed by atoms with Gasteiger partial charge < -0.3 is 0 Å². The summed E-state index contributed by atoms with van der Waals surface area (Å²) >= 11 is 21.1. The maximum absolute atomic E-state index is 12.1. The number of thiophene rings is 1. The fraction of sp³-hybridized carbons (Fsp3) is 0.0714. The molecule has 9 heteroatoms. The topological polar surface area (TPSA) is 34.9 Å². The number of carbonyl (C=O) groups excluding carboxylic acids is 1. The molecule has 0 N–H and O–H groups in total. The molecule has 0 aliphatic carbocycles. The maximum Gasteiger partial charge on any atom is 0.184 e. The van der Waals surface area contributed by atoms with Gasteiger partial charge in [0.25, 0.3) is 0 Å². The molecule has 0 amide bonds. The van der Waals surface area contributed by atoms with Crippen LogP contribution >= 0.6 is 69.9 Å². The number of ketones is 1. The van der Waals surface area contributed by atoms with Gasteiger partial charge in [-0.3, -0.25) is 4.79 Å².